The maximum Gasteiger partial charge on any atom is 0.246 e. The van der Waals surface area contributed by atoms with Gasteiger partial charge in [-0.25, -0.2) is 0 Å². The molecule has 0 saturated carbocycles. The van der Waals surface area contributed by atoms with E-state index in [1.165, 1.54) is 4.80 Å². The van der Waals surface area contributed by atoms with Crippen LogP contribution in [0.5, 0.6) is 0 Å². The molecule has 0 spiro atoms. The molecule has 1 aromatic heterocycles. The van der Waals surface area contributed by atoms with Gasteiger partial charge in [-0.3, -0.25) is 9.59 Å². The van der Waals surface area contributed by atoms with Gasteiger partial charge in [-0.2, -0.15) is 15.0 Å². The number of carbonyl (C=O) groups is 2. The Kier molecular flexibility index (Phi) is 6.02. The van der Waals surface area contributed by atoms with Gasteiger partial charge in [0.25, 0.3) is 0 Å². The van der Waals surface area contributed by atoms with Crippen LogP contribution in [0, 0.1) is 12.3 Å². The Labute approximate surface area is 180 Å². The predicted molar refractivity (Wildman–Crippen MR) is 113 cm³/mol. The molecule has 10 heteroatoms. The number of aromatic nitrogens is 4. The van der Waals surface area contributed by atoms with Crippen LogP contribution < -0.4 is 5.32 Å². The lowest BCUT2D eigenvalue weighted by atomic mass is 10.0. The number of tetrazole rings is 1. The molecule has 1 N–H and O–H groups in total. The fourth-order valence-corrected chi connectivity index (χ4v) is 3.52. The number of amides is 2. The van der Waals surface area contributed by atoms with Gasteiger partial charge in [-0.05, 0) is 42.3 Å². The maximum absolute atomic E-state index is 12.2. The molecule has 3 heterocycles. The third-order valence-electron chi connectivity index (χ3n) is 5.42. The molecule has 0 atom stereocenters. The van der Waals surface area contributed by atoms with Gasteiger partial charge in [0.2, 0.25) is 17.6 Å². The summed E-state index contributed by atoms with van der Waals surface area (Å²) in [4.78, 5) is 27.6. The van der Waals surface area contributed by atoms with Crippen LogP contribution in [0.1, 0.15) is 38.5 Å². The molecule has 1 aromatic carbocycles. The van der Waals surface area contributed by atoms with E-state index in [2.05, 4.69) is 36.9 Å². The van der Waals surface area contributed by atoms with Crippen molar-refractivity contribution in [3.8, 4) is 23.7 Å². The van der Waals surface area contributed by atoms with Gasteiger partial charge in [-0.15, -0.1) is 22.5 Å². The van der Waals surface area contributed by atoms with Crippen LogP contribution >= 0.6 is 0 Å². The summed E-state index contributed by atoms with van der Waals surface area (Å²) in [6, 6.07) is 7.17. The highest BCUT2D eigenvalue weighted by atomic mass is 16.2. The molecule has 10 nitrogen and oxygen atoms in total. The molecule has 160 valence electrons. The van der Waals surface area contributed by atoms with E-state index in [-0.39, 0.29) is 18.4 Å². The normalized spacial score (nSPS) is 16.2. The molecule has 0 aliphatic carbocycles. The summed E-state index contributed by atoms with van der Waals surface area (Å²) < 4.78 is 0. The van der Waals surface area contributed by atoms with Crippen molar-refractivity contribution < 1.29 is 9.59 Å². The molecular formula is C21H24N8O2. The number of nitrogens with one attached hydrogen (secondary N) is 1. The molecule has 31 heavy (non-hydrogen) atoms. The highest BCUT2D eigenvalue weighted by molar-refractivity contribution is 5.91. The fraction of sp³-hybridized carbons (Fsp3) is 0.476. The first-order valence-electron chi connectivity index (χ1n) is 10.4. The standard InChI is InChI=1S/C21H24N8O2/c1-2-3-11-21(25-26-21)12-10-18(30)22-17-8-6-16(7-9-17)20-23-27-29(24-20)15-19(31)28-13-4-5-14-28/h1,6-9H,3-5,10-15H2,(H,22,30). The van der Waals surface area contributed by atoms with Crippen LogP contribution in [0.3, 0.4) is 0 Å². The van der Waals surface area contributed by atoms with Crippen molar-refractivity contribution in [1.29, 1.82) is 0 Å². The van der Waals surface area contributed by atoms with Crippen LogP contribution in [-0.2, 0) is 16.1 Å². The van der Waals surface area contributed by atoms with E-state index < -0.39 is 5.66 Å². The Balaban J connectivity index is 1.27. The van der Waals surface area contributed by atoms with Crippen molar-refractivity contribution in [2.45, 2.75) is 50.7 Å². The average molecular weight is 420 g/mol. The molecule has 2 aromatic rings. The van der Waals surface area contributed by atoms with Crippen molar-refractivity contribution in [1.82, 2.24) is 25.1 Å². The Hall–Kier alpha value is -3.61. The quantitative estimate of drug-likeness (QED) is 0.624. The molecule has 1 saturated heterocycles. The van der Waals surface area contributed by atoms with Gasteiger partial charge < -0.3 is 10.2 Å². The van der Waals surface area contributed by atoms with E-state index in [0.717, 1.165) is 31.5 Å². The molecule has 0 unspecified atom stereocenters. The lowest BCUT2D eigenvalue weighted by Gasteiger charge is -2.13. The van der Waals surface area contributed by atoms with Crippen molar-refractivity contribution in [3.05, 3.63) is 24.3 Å². The Bertz CT molecular complexity index is 1010. The number of rotatable bonds is 9. The minimum absolute atomic E-state index is 0.00683. The zero-order valence-electron chi connectivity index (χ0n) is 17.2. The second-order valence-electron chi connectivity index (χ2n) is 7.74. The lowest BCUT2D eigenvalue weighted by molar-refractivity contribution is -0.131. The number of hydrogen-bond donors (Lipinski definition) is 1. The van der Waals surface area contributed by atoms with Crippen LogP contribution in [0.4, 0.5) is 5.69 Å². The first-order valence-corrected chi connectivity index (χ1v) is 10.4. The van der Waals surface area contributed by atoms with E-state index in [4.69, 9.17) is 6.42 Å². The van der Waals surface area contributed by atoms with E-state index in [1.807, 2.05) is 4.90 Å². The number of nitrogens with zero attached hydrogens (tertiary/aromatic N) is 7. The van der Waals surface area contributed by atoms with Crippen molar-refractivity contribution in [3.63, 3.8) is 0 Å². The topological polar surface area (TPSA) is 118 Å². The zero-order valence-corrected chi connectivity index (χ0v) is 17.2. The molecule has 2 amide bonds. The fourth-order valence-electron chi connectivity index (χ4n) is 3.52. The molecule has 0 bridgehead atoms. The minimum atomic E-state index is -0.457. The zero-order chi connectivity index (χ0) is 21.7. The van der Waals surface area contributed by atoms with Gasteiger partial charge in [0, 0.05) is 50.0 Å². The first kappa shape index (κ1) is 20.7. The second-order valence-corrected chi connectivity index (χ2v) is 7.74. The van der Waals surface area contributed by atoms with Gasteiger partial charge in [0.15, 0.2) is 5.66 Å². The summed E-state index contributed by atoms with van der Waals surface area (Å²) in [6.07, 6.45) is 9.53. The molecule has 0 radical (unpaired) electrons. The molecule has 2 aliphatic rings. The number of carbonyl (C=O) groups excluding carboxylic acids is 2. The minimum Gasteiger partial charge on any atom is -0.341 e. The largest absolute Gasteiger partial charge is 0.341 e. The number of likely N-dealkylation sites (tertiary alicyclic amines) is 1. The van der Waals surface area contributed by atoms with Gasteiger partial charge >= 0.3 is 0 Å². The van der Waals surface area contributed by atoms with Gasteiger partial charge in [0.05, 0.1) is 0 Å². The number of hydrogen-bond acceptors (Lipinski definition) is 7. The second kappa shape index (κ2) is 9.04. The first-order chi connectivity index (χ1) is 15.1. The Morgan fingerprint density at radius 1 is 1.13 bits per heavy atom. The van der Waals surface area contributed by atoms with Crippen molar-refractivity contribution in [2.24, 2.45) is 10.2 Å². The average Bonchev–Trinajstić information content (AvgIpc) is 3.15. The van der Waals surface area contributed by atoms with Crippen molar-refractivity contribution in [2.75, 3.05) is 18.4 Å². The van der Waals surface area contributed by atoms with Crippen LogP contribution in [0.15, 0.2) is 34.5 Å². The van der Waals surface area contributed by atoms with E-state index >= 15 is 0 Å². The number of anilines is 1. The monoisotopic (exact) mass is 420 g/mol. The summed E-state index contributed by atoms with van der Waals surface area (Å²) in [5.41, 5.74) is 0.968. The molecular weight excluding hydrogens is 396 g/mol. The SMILES string of the molecule is C#CCCC1(CCC(=O)Nc2ccc(-c3nnn(CC(=O)N4CCCC4)n3)cc2)N=N1. The van der Waals surface area contributed by atoms with Crippen LogP contribution in [-0.4, -0.2) is 55.7 Å². The summed E-state index contributed by atoms with van der Waals surface area (Å²) in [6.45, 7) is 1.68. The summed E-state index contributed by atoms with van der Waals surface area (Å²) in [5, 5.41) is 23.3. The molecule has 4 rings (SSSR count). The summed E-state index contributed by atoms with van der Waals surface area (Å²) in [7, 11) is 0. The summed E-state index contributed by atoms with van der Waals surface area (Å²) in [5.74, 6) is 2.91. The van der Waals surface area contributed by atoms with Crippen LogP contribution in [0.2, 0.25) is 0 Å². The third kappa shape index (κ3) is 5.31. The van der Waals surface area contributed by atoms with E-state index in [1.54, 1.807) is 24.3 Å². The van der Waals surface area contributed by atoms with Gasteiger partial charge in [0.1, 0.15) is 6.54 Å². The smallest absolute Gasteiger partial charge is 0.246 e. The Morgan fingerprint density at radius 2 is 1.87 bits per heavy atom. The molecule has 2 aliphatic heterocycles. The predicted octanol–water partition coefficient (Wildman–Crippen LogP) is 2.26. The number of benzene rings is 1. The molecule has 1 fully saturated rings. The highest BCUT2D eigenvalue weighted by Gasteiger charge is 2.39. The van der Waals surface area contributed by atoms with E-state index in [0.29, 0.717) is 37.2 Å². The Morgan fingerprint density at radius 3 is 2.55 bits per heavy atom. The highest BCUT2D eigenvalue weighted by Crippen LogP contribution is 2.37. The number of terminal acetylenes is 1. The maximum atomic E-state index is 12.2. The van der Waals surface area contributed by atoms with E-state index in [9.17, 15) is 9.59 Å². The van der Waals surface area contributed by atoms with Crippen LogP contribution in [0.25, 0.3) is 11.4 Å². The van der Waals surface area contributed by atoms with Crippen molar-refractivity contribution >= 4 is 17.5 Å². The lowest BCUT2D eigenvalue weighted by Crippen LogP contribution is -2.31. The third-order valence-corrected chi connectivity index (χ3v) is 5.42. The van der Waals surface area contributed by atoms with Gasteiger partial charge in [-0.1, -0.05) is 0 Å². The summed E-state index contributed by atoms with van der Waals surface area (Å²) >= 11 is 0.